The molecular formula is C16H17FN4O. The van der Waals surface area contributed by atoms with Gasteiger partial charge in [0.1, 0.15) is 17.6 Å². The van der Waals surface area contributed by atoms with E-state index in [1.165, 1.54) is 16.7 Å². The van der Waals surface area contributed by atoms with Crippen LogP contribution in [0.15, 0.2) is 36.5 Å². The summed E-state index contributed by atoms with van der Waals surface area (Å²) in [6, 6.07) is 9.43. The monoisotopic (exact) mass is 300 g/mol. The molecule has 22 heavy (non-hydrogen) atoms. The number of benzene rings is 1. The zero-order valence-electron chi connectivity index (χ0n) is 12.5. The Morgan fingerprint density at radius 2 is 2.18 bits per heavy atom. The number of hydrogen-bond donors (Lipinski definition) is 1. The molecule has 0 aliphatic carbocycles. The number of likely N-dealkylation sites (N-methyl/N-ethyl adjacent to an activating group) is 1. The van der Waals surface area contributed by atoms with Crippen LogP contribution in [0.3, 0.4) is 0 Å². The number of carbonyl (C=O) groups excluding carboxylic acids is 1. The number of nitrogens with zero attached hydrogens (tertiary/aromatic N) is 3. The van der Waals surface area contributed by atoms with Crippen LogP contribution in [0.4, 0.5) is 4.39 Å². The lowest BCUT2D eigenvalue weighted by molar-refractivity contribution is 0.0944. The second-order valence-corrected chi connectivity index (χ2v) is 5.10. The number of carbonyl (C=O) groups is 1. The molecule has 0 atom stereocenters. The van der Waals surface area contributed by atoms with Crippen LogP contribution in [-0.4, -0.2) is 42.6 Å². The van der Waals surface area contributed by atoms with Crippen molar-refractivity contribution < 1.29 is 9.18 Å². The van der Waals surface area contributed by atoms with Crippen molar-refractivity contribution >= 4 is 5.91 Å². The van der Waals surface area contributed by atoms with Crippen LogP contribution < -0.4 is 5.32 Å². The molecule has 1 amide bonds. The van der Waals surface area contributed by atoms with Crippen LogP contribution in [0.1, 0.15) is 16.1 Å². The highest BCUT2D eigenvalue weighted by molar-refractivity contribution is 5.95. The molecule has 0 unspecified atom stereocenters. The average Bonchev–Trinajstić information content (AvgIpc) is 2.90. The van der Waals surface area contributed by atoms with E-state index in [4.69, 9.17) is 0 Å². The van der Waals surface area contributed by atoms with Crippen molar-refractivity contribution in [3.05, 3.63) is 53.6 Å². The average molecular weight is 300 g/mol. The van der Waals surface area contributed by atoms with Crippen molar-refractivity contribution in [2.24, 2.45) is 0 Å². The van der Waals surface area contributed by atoms with Gasteiger partial charge in [-0.1, -0.05) is 6.07 Å². The van der Waals surface area contributed by atoms with Crippen molar-refractivity contribution in [3.63, 3.8) is 0 Å². The maximum Gasteiger partial charge on any atom is 0.269 e. The molecule has 2 aromatic rings. The lowest BCUT2D eigenvalue weighted by Gasteiger charge is -2.12. The van der Waals surface area contributed by atoms with Crippen LogP contribution in [0.5, 0.6) is 0 Å². The quantitative estimate of drug-likeness (QED) is 0.915. The third kappa shape index (κ3) is 3.51. The molecule has 0 bridgehead atoms. The summed E-state index contributed by atoms with van der Waals surface area (Å²) in [7, 11) is 3.81. The molecule has 0 aliphatic rings. The fourth-order valence-electron chi connectivity index (χ4n) is 2.07. The van der Waals surface area contributed by atoms with Crippen LogP contribution in [-0.2, 0) is 0 Å². The highest BCUT2D eigenvalue weighted by atomic mass is 19.1. The molecule has 0 aliphatic heterocycles. The summed E-state index contributed by atoms with van der Waals surface area (Å²) >= 11 is 0. The molecule has 2 rings (SSSR count). The van der Waals surface area contributed by atoms with E-state index in [0.717, 1.165) is 0 Å². The van der Waals surface area contributed by atoms with Crippen LogP contribution in [0, 0.1) is 17.1 Å². The van der Waals surface area contributed by atoms with Gasteiger partial charge in [0.05, 0.1) is 5.56 Å². The number of nitrogens with one attached hydrogen (secondary N) is 1. The van der Waals surface area contributed by atoms with Gasteiger partial charge in [0, 0.05) is 25.0 Å². The minimum atomic E-state index is -0.399. The Hall–Kier alpha value is -2.65. The molecule has 1 aromatic carbocycles. The summed E-state index contributed by atoms with van der Waals surface area (Å²) in [5.74, 6) is -0.753. The molecule has 1 aromatic heterocycles. The smallest absolute Gasteiger partial charge is 0.269 e. The lowest BCUT2D eigenvalue weighted by atomic mass is 10.2. The third-order valence-corrected chi connectivity index (χ3v) is 3.15. The van der Waals surface area contributed by atoms with E-state index in [2.05, 4.69) is 5.32 Å². The standard InChI is InChI=1S/C16H17FN4O/c1-20(2)9-7-19-16(22)15-12(11-18)6-8-21(15)14-5-3-4-13(17)10-14/h3-6,8,10H,7,9H2,1-2H3,(H,19,22). The first kappa shape index (κ1) is 15.7. The van der Waals surface area contributed by atoms with Gasteiger partial charge < -0.3 is 14.8 Å². The van der Waals surface area contributed by atoms with E-state index < -0.39 is 5.82 Å². The Labute approximate surface area is 128 Å². The Morgan fingerprint density at radius 1 is 1.41 bits per heavy atom. The highest BCUT2D eigenvalue weighted by Crippen LogP contribution is 2.17. The fraction of sp³-hybridized carbons (Fsp3) is 0.250. The molecule has 114 valence electrons. The Balaban J connectivity index is 2.32. The van der Waals surface area contributed by atoms with E-state index in [1.54, 1.807) is 24.4 Å². The minimum Gasteiger partial charge on any atom is -0.349 e. The zero-order valence-corrected chi connectivity index (χ0v) is 12.5. The second-order valence-electron chi connectivity index (χ2n) is 5.10. The van der Waals surface area contributed by atoms with Gasteiger partial charge in [-0.05, 0) is 38.4 Å². The Kier molecular flexibility index (Phi) is 4.92. The SMILES string of the molecule is CN(C)CCNC(=O)c1c(C#N)ccn1-c1cccc(F)c1. The van der Waals surface area contributed by atoms with Gasteiger partial charge in [0.15, 0.2) is 0 Å². The van der Waals surface area contributed by atoms with E-state index in [9.17, 15) is 14.4 Å². The van der Waals surface area contributed by atoms with E-state index in [1.807, 2.05) is 25.1 Å². The molecular weight excluding hydrogens is 283 g/mol. The first-order chi connectivity index (χ1) is 10.5. The number of nitriles is 1. The van der Waals surface area contributed by atoms with E-state index in [-0.39, 0.29) is 17.2 Å². The number of halogens is 1. The molecule has 0 spiro atoms. The molecule has 0 radical (unpaired) electrons. The predicted octanol–water partition coefficient (Wildman–Crippen LogP) is 1.78. The number of amides is 1. The maximum absolute atomic E-state index is 13.4. The topological polar surface area (TPSA) is 61.1 Å². The molecule has 0 saturated heterocycles. The molecule has 0 fully saturated rings. The molecule has 1 heterocycles. The van der Waals surface area contributed by atoms with Gasteiger partial charge in [-0.3, -0.25) is 4.79 Å². The normalized spacial score (nSPS) is 10.5. The van der Waals surface area contributed by atoms with Gasteiger partial charge >= 0.3 is 0 Å². The summed E-state index contributed by atoms with van der Waals surface area (Å²) in [5.41, 5.74) is 0.970. The van der Waals surface area contributed by atoms with E-state index in [0.29, 0.717) is 18.8 Å². The van der Waals surface area contributed by atoms with Gasteiger partial charge in [0.2, 0.25) is 0 Å². The fourth-order valence-corrected chi connectivity index (χ4v) is 2.07. The number of rotatable bonds is 5. The summed E-state index contributed by atoms with van der Waals surface area (Å²) in [5, 5.41) is 11.9. The summed E-state index contributed by atoms with van der Waals surface area (Å²) in [6.07, 6.45) is 1.59. The van der Waals surface area contributed by atoms with Crippen LogP contribution in [0.2, 0.25) is 0 Å². The summed E-state index contributed by atoms with van der Waals surface area (Å²) in [6.45, 7) is 1.15. The summed E-state index contributed by atoms with van der Waals surface area (Å²) in [4.78, 5) is 14.3. The Morgan fingerprint density at radius 3 is 2.82 bits per heavy atom. The number of aromatic nitrogens is 1. The van der Waals surface area contributed by atoms with Crippen molar-refractivity contribution in [1.82, 2.24) is 14.8 Å². The third-order valence-electron chi connectivity index (χ3n) is 3.15. The second kappa shape index (κ2) is 6.87. The van der Waals surface area contributed by atoms with Gasteiger partial charge in [0.25, 0.3) is 5.91 Å². The largest absolute Gasteiger partial charge is 0.349 e. The highest BCUT2D eigenvalue weighted by Gasteiger charge is 2.18. The molecule has 0 saturated carbocycles. The van der Waals surface area contributed by atoms with Crippen molar-refractivity contribution in [1.29, 1.82) is 5.26 Å². The predicted molar refractivity (Wildman–Crippen MR) is 81.3 cm³/mol. The Bertz CT molecular complexity index is 715. The van der Waals surface area contributed by atoms with Crippen molar-refractivity contribution in [2.75, 3.05) is 27.2 Å². The molecule has 6 heteroatoms. The molecule has 5 nitrogen and oxygen atoms in total. The lowest BCUT2D eigenvalue weighted by Crippen LogP contribution is -2.32. The van der Waals surface area contributed by atoms with Crippen molar-refractivity contribution in [3.8, 4) is 11.8 Å². The number of hydrogen-bond acceptors (Lipinski definition) is 3. The molecule has 1 N–H and O–H groups in total. The first-order valence-corrected chi connectivity index (χ1v) is 6.83. The minimum absolute atomic E-state index is 0.215. The first-order valence-electron chi connectivity index (χ1n) is 6.83. The van der Waals surface area contributed by atoms with Crippen LogP contribution in [0.25, 0.3) is 5.69 Å². The van der Waals surface area contributed by atoms with Gasteiger partial charge in [-0.25, -0.2) is 4.39 Å². The summed E-state index contributed by atoms with van der Waals surface area (Å²) < 4.78 is 14.9. The van der Waals surface area contributed by atoms with Crippen molar-refractivity contribution in [2.45, 2.75) is 0 Å². The maximum atomic E-state index is 13.4. The van der Waals surface area contributed by atoms with Gasteiger partial charge in [-0.2, -0.15) is 5.26 Å². The van der Waals surface area contributed by atoms with Crippen LogP contribution >= 0.6 is 0 Å². The van der Waals surface area contributed by atoms with Gasteiger partial charge in [-0.15, -0.1) is 0 Å². The zero-order chi connectivity index (χ0) is 16.1. The van der Waals surface area contributed by atoms with E-state index >= 15 is 0 Å².